The van der Waals surface area contributed by atoms with E-state index in [2.05, 4.69) is 20.8 Å². The highest BCUT2D eigenvalue weighted by Crippen LogP contribution is 2.17. The van der Waals surface area contributed by atoms with Crippen LogP contribution in [-0.4, -0.2) is 35.1 Å². The lowest BCUT2D eigenvalue weighted by Crippen LogP contribution is -2.35. The lowest BCUT2D eigenvalue weighted by atomic mass is 10.1. The zero-order valence-electron chi connectivity index (χ0n) is 9.94. The molecule has 0 amide bonds. The van der Waals surface area contributed by atoms with Crippen molar-refractivity contribution in [2.24, 2.45) is 0 Å². The molecule has 0 aliphatic carbocycles. The van der Waals surface area contributed by atoms with Crippen molar-refractivity contribution in [2.45, 2.75) is 24.1 Å². The van der Waals surface area contributed by atoms with E-state index < -0.39 is 0 Å². The highest BCUT2D eigenvalue weighted by atomic mass is 79.9. The van der Waals surface area contributed by atoms with Crippen LogP contribution in [0.4, 0.5) is 0 Å². The number of alkyl halides is 1. The predicted molar refractivity (Wildman–Crippen MR) is 73.8 cm³/mol. The summed E-state index contributed by atoms with van der Waals surface area (Å²) in [7, 11) is 0. The van der Waals surface area contributed by atoms with Crippen molar-refractivity contribution in [1.82, 2.24) is 4.90 Å². The molecule has 1 aliphatic heterocycles. The van der Waals surface area contributed by atoms with Crippen molar-refractivity contribution in [2.75, 3.05) is 19.6 Å². The molecule has 1 fully saturated rings. The number of hydrogen-bond acceptors (Lipinski definition) is 2. The zero-order chi connectivity index (χ0) is 12.1. The molecule has 3 heteroatoms. The maximum absolute atomic E-state index is 11.9. The van der Waals surface area contributed by atoms with Crippen LogP contribution >= 0.6 is 15.9 Å². The van der Waals surface area contributed by atoms with Crippen molar-refractivity contribution in [3.8, 4) is 0 Å². The average Bonchev–Trinajstić information content (AvgIpc) is 2.39. The monoisotopic (exact) mass is 295 g/mol. The van der Waals surface area contributed by atoms with E-state index in [1.54, 1.807) is 0 Å². The van der Waals surface area contributed by atoms with E-state index in [1.165, 1.54) is 12.8 Å². The molecule has 0 unspecified atom stereocenters. The number of nitrogens with zero attached hydrogens (tertiary/aromatic N) is 1. The van der Waals surface area contributed by atoms with E-state index in [0.717, 1.165) is 25.2 Å². The Morgan fingerprint density at radius 3 is 2.53 bits per heavy atom. The van der Waals surface area contributed by atoms with E-state index in [4.69, 9.17) is 0 Å². The van der Waals surface area contributed by atoms with Crippen LogP contribution < -0.4 is 0 Å². The van der Waals surface area contributed by atoms with E-state index in [-0.39, 0.29) is 5.78 Å². The zero-order valence-corrected chi connectivity index (χ0v) is 11.5. The maximum atomic E-state index is 11.9. The highest BCUT2D eigenvalue weighted by molar-refractivity contribution is 9.09. The van der Waals surface area contributed by atoms with Crippen LogP contribution in [0.3, 0.4) is 0 Å². The first-order valence-electron chi connectivity index (χ1n) is 6.20. The molecule has 0 N–H and O–H groups in total. The molecule has 0 radical (unpaired) electrons. The second kappa shape index (κ2) is 6.31. The Balaban J connectivity index is 1.77. The molecule has 17 heavy (non-hydrogen) atoms. The Kier molecular flexibility index (Phi) is 4.75. The third-order valence-electron chi connectivity index (χ3n) is 3.27. The minimum atomic E-state index is 0.256. The summed E-state index contributed by atoms with van der Waals surface area (Å²) in [6, 6.07) is 9.57. The van der Waals surface area contributed by atoms with Crippen LogP contribution in [0.5, 0.6) is 0 Å². The summed E-state index contributed by atoms with van der Waals surface area (Å²) in [6.07, 6.45) is 3.02. The van der Waals surface area contributed by atoms with E-state index in [9.17, 15) is 4.79 Å². The molecule has 92 valence electrons. The fourth-order valence-electron chi connectivity index (χ4n) is 2.15. The van der Waals surface area contributed by atoms with Gasteiger partial charge < -0.3 is 4.90 Å². The molecule has 1 aliphatic rings. The van der Waals surface area contributed by atoms with Crippen LogP contribution in [0.1, 0.15) is 29.6 Å². The molecule has 1 aromatic carbocycles. The SMILES string of the molecule is O=C(CCN1CCC(Br)CC1)c1ccccc1. The van der Waals surface area contributed by atoms with Crippen molar-refractivity contribution < 1.29 is 4.79 Å². The first-order valence-corrected chi connectivity index (χ1v) is 7.12. The molecule has 1 aromatic rings. The number of piperidine rings is 1. The summed E-state index contributed by atoms with van der Waals surface area (Å²) < 4.78 is 0. The number of Topliss-reactive ketones (excluding diaryl/α,β-unsaturated/α-hetero) is 1. The summed E-state index contributed by atoms with van der Waals surface area (Å²) in [5.41, 5.74) is 0.836. The molecular formula is C14H18BrNO. The van der Waals surface area contributed by atoms with Crippen LogP contribution in [0.15, 0.2) is 30.3 Å². The molecule has 1 heterocycles. The van der Waals surface area contributed by atoms with Gasteiger partial charge in [0.05, 0.1) is 0 Å². The van der Waals surface area contributed by atoms with Gasteiger partial charge in [-0.25, -0.2) is 0 Å². The van der Waals surface area contributed by atoms with Gasteiger partial charge in [0.15, 0.2) is 5.78 Å². The first-order chi connectivity index (χ1) is 8.25. The Labute approximate surface area is 111 Å². The van der Waals surface area contributed by atoms with Gasteiger partial charge in [0.2, 0.25) is 0 Å². The maximum Gasteiger partial charge on any atom is 0.164 e. The van der Waals surface area contributed by atoms with Gasteiger partial charge in [-0.15, -0.1) is 0 Å². The largest absolute Gasteiger partial charge is 0.303 e. The topological polar surface area (TPSA) is 20.3 Å². The van der Waals surface area contributed by atoms with Crippen LogP contribution in [0, 0.1) is 0 Å². The quantitative estimate of drug-likeness (QED) is 0.628. The lowest BCUT2D eigenvalue weighted by molar-refractivity contribution is 0.0959. The van der Waals surface area contributed by atoms with Gasteiger partial charge in [0, 0.05) is 23.4 Å². The standard InChI is InChI=1S/C14H18BrNO/c15-13-6-9-16(10-7-13)11-8-14(17)12-4-2-1-3-5-12/h1-5,13H,6-11H2. The molecule has 2 rings (SSSR count). The van der Waals surface area contributed by atoms with E-state index in [0.29, 0.717) is 11.2 Å². The first kappa shape index (κ1) is 12.8. The Morgan fingerprint density at radius 1 is 1.24 bits per heavy atom. The lowest BCUT2D eigenvalue weighted by Gasteiger charge is -2.29. The van der Waals surface area contributed by atoms with Gasteiger partial charge in [-0.3, -0.25) is 4.79 Å². The van der Waals surface area contributed by atoms with Gasteiger partial charge >= 0.3 is 0 Å². The van der Waals surface area contributed by atoms with Crippen molar-refractivity contribution in [3.05, 3.63) is 35.9 Å². The molecule has 0 aromatic heterocycles. The summed E-state index contributed by atoms with van der Waals surface area (Å²) in [6.45, 7) is 3.11. The number of hydrogen-bond donors (Lipinski definition) is 0. The average molecular weight is 296 g/mol. The number of carbonyl (C=O) groups excluding carboxylic acids is 1. The molecular weight excluding hydrogens is 278 g/mol. The van der Waals surface area contributed by atoms with Gasteiger partial charge in [-0.2, -0.15) is 0 Å². The minimum absolute atomic E-state index is 0.256. The third-order valence-corrected chi connectivity index (χ3v) is 4.18. The van der Waals surface area contributed by atoms with Crippen molar-refractivity contribution in [3.63, 3.8) is 0 Å². The summed E-state index contributed by atoms with van der Waals surface area (Å²) in [5, 5.41) is 0. The normalized spacial score (nSPS) is 18.2. The van der Waals surface area contributed by atoms with Gasteiger partial charge in [0.1, 0.15) is 0 Å². The van der Waals surface area contributed by atoms with Gasteiger partial charge in [-0.05, 0) is 25.9 Å². The van der Waals surface area contributed by atoms with Gasteiger partial charge in [0.25, 0.3) is 0 Å². The molecule has 2 nitrogen and oxygen atoms in total. The Hall–Kier alpha value is -0.670. The molecule has 0 bridgehead atoms. The fourth-order valence-corrected chi connectivity index (χ4v) is 2.56. The highest BCUT2D eigenvalue weighted by Gasteiger charge is 2.17. The summed E-state index contributed by atoms with van der Waals surface area (Å²) in [4.78, 5) is 15.0. The number of rotatable bonds is 4. The van der Waals surface area contributed by atoms with Gasteiger partial charge in [-0.1, -0.05) is 46.3 Å². The third kappa shape index (κ3) is 3.93. The van der Waals surface area contributed by atoms with Crippen molar-refractivity contribution >= 4 is 21.7 Å². The fraction of sp³-hybridized carbons (Fsp3) is 0.500. The van der Waals surface area contributed by atoms with E-state index in [1.807, 2.05) is 30.3 Å². The molecule has 0 spiro atoms. The molecule has 0 saturated carbocycles. The minimum Gasteiger partial charge on any atom is -0.303 e. The number of ketones is 1. The van der Waals surface area contributed by atoms with Crippen LogP contribution in [0.25, 0.3) is 0 Å². The predicted octanol–water partition coefficient (Wildman–Crippen LogP) is 3.12. The van der Waals surface area contributed by atoms with E-state index >= 15 is 0 Å². The molecule has 1 saturated heterocycles. The smallest absolute Gasteiger partial charge is 0.164 e. The Morgan fingerprint density at radius 2 is 1.88 bits per heavy atom. The number of halogens is 1. The Bertz CT molecular complexity index is 358. The second-order valence-corrected chi connectivity index (χ2v) is 5.85. The number of carbonyl (C=O) groups is 1. The van der Waals surface area contributed by atoms with Crippen LogP contribution in [-0.2, 0) is 0 Å². The van der Waals surface area contributed by atoms with Crippen molar-refractivity contribution in [1.29, 1.82) is 0 Å². The van der Waals surface area contributed by atoms with Crippen LogP contribution in [0.2, 0.25) is 0 Å². The summed E-state index contributed by atoms with van der Waals surface area (Å²) >= 11 is 3.64. The number of likely N-dealkylation sites (tertiary alicyclic amines) is 1. The second-order valence-electron chi connectivity index (χ2n) is 4.56. The summed E-state index contributed by atoms with van der Waals surface area (Å²) in [5.74, 6) is 0.256. The molecule has 0 atom stereocenters. The number of benzene rings is 1.